The maximum atomic E-state index is 9.76. The molecule has 3 heteroatoms. The van der Waals surface area contributed by atoms with Crippen LogP contribution < -0.4 is 5.32 Å². The van der Waals surface area contributed by atoms with E-state index in [1.807, 2.05) is 0 Å². The molecule has 0 bridgehead atoms. The zero-order valence-electron chi connectivity index (χ0n) is 12.7. The van der Waals surface area contributed by atoms with Gasteiger partial charge in [0.2, 0.25) is 0 Å². The highest BCUT2D eigenvalue weighted by Gasteiger charge is 2.20. The van der Waals surface area contributed by atoms with Gasteiger partial charge in [-0.2, -0.15) is 0 Å². The maximum Gasteiger partial charge on any atom is 0.0973 e. The van der Waals surface area contributed by atoms with E-state index in [1.54, 1.807) is 6.92 Å². The summed E-state index contributed by atoms with van der Waals surface area (Å²) in [5, 5.41) is 22.0. The Morgan fingerprint density at radius 1 is 1.11 bits per heavy atom. The van der Waals surface area contributed by atoms with Crippen LogP contribution in [0.25, 0.3) is 0 Å². The lowest BCUT2D eigenvalue weighted by atomic mass is 9.86. The Balaban J connectivity index is 2.66. The minimum atomic E-state index is -1.07. The van der Waals surface area contributed by atoms with E-state index in [0.29, 0.717) is 6.54 Å². The predicted molar refractivity (Wildman–Crippen MR) is 79.3 cm³/mol. The molecule has 0 heterocycles. The van der Waals surface area contributed by atoms with E-state index in [9.17, 15) is 5.11 Å². The molecule has 1 rings (SSSR count). The SMILES string of the molecule is CC(NCC(C)(O)CO)c1ccc(C(C)(C)C)cc1. The van der Waals surface area contributed by atoms with Gasteiger partial charge in [0.1, 0.15) is 0 Å². The van der Waals surface area contributed by atoms with Crippen molar-refractivity contribution in [1.29, 1.82) is 0 Å². The normalized spacial score (nSPS) is 17.0. The summed E-state index contributed by atoms with van der Waals surface area (Å²) in [5.41, 5.74) is 1.59. The van der Waals surface area contributed by atoms with Crippen LogP contribution in [0.4, 0.5) is 0 Å². The van der Waals surface area contributed by atoms with Gasteiger partial charge in [-0.25, -0.2) is 0 Å². The number of benzene rings is 1. The molecule has 0 amide bonds. The first-order valence-electron chi connectivity index (χ1n) is 6.83. The minimum absolute atomic E-state index is 0.145. The molecule has 0 radical (unpaired) electrons. The molecule has 0 aliphatic carbocycles. The first-order valence-corrected chi connectivity index (χ1v) is 6.83. The Labute approximate surface area is 116 Å². The van der Waals surface area contributed by atoms with Gasteiger partial charge >= 0.3 is 0 Å². The average molecular weight is 265 g/mol. The van der Waals surface area contributed by atoms with Crippen LogP contribution in [0.2, 0.25) is 0 Å². The van der Waals surface area contributed by atoms with Crippen LogP contribution in [-0.4, -0.2) is 29.0 Å². The Morgan fingerprint density at radius 3 is 2.05 bits per heavy atom. The summed E-state index contributed by atoms with van der Waals surface area (Å²) >= 11 is 0. The van der Waals surface area contributed by atoms with Crippen LogP contribution in [0.3, 0.4) is 0 Å². The second-order valence-corrected chi connectivity index (χ2v) is 6.63. The number of nitrogens with one attached hydrogen (secondary N) is 1. The summed E-state index contributed by atoms with van der Waals surface area (Å²) in [6.07, 6.45) is 0. The fourth-order valence-corrected chi connectivity index (χ4v) is 1.82. The lowest BCUT2D eigenvalue weighted by molar-refractivity contribution is 0.00106. The number of aliphatic hydroxyl groups is 2. The molecule has 19 heavy (non-hydrogen) atoms. The molecule has 1 aromatic carbocycles. The topological polar surface area (TPSA) is 52.5 Å². The van der Waals surface area contributed by atoms with Gasteiger partial charge in [-0.05, 0) is 30.4 Å². The molecule has 0 saturated carbocycles. The number of rotatable bonds is 5. The molecule has 0 aromatic heterocycles. The largest absolute Gasteiger partial charge is 0.393 e. The molecule has 1 aromatic rings. The molecular formula is C16H27NO2. The van der Waals surface area contributed by atoms with Crippen LogP contribution in [0.1, 0.15) is 51.8 Å². The van der Waals surface area contributed by atoms with Crippen molar-refractivity contribution in [3.63, 3.8) is 0 Å². The first kappa shape index (κ1) is 16.2. The summed E-state index contributed by atoms with van der Waals surface area (Å²) in [6.45, 7) is 10.4. The molecule has 0 aliphatic heterocycles. The maximum absolute atomic E-state index is 9.76. The molecule has 3 N–H and O–H groups in total. The number of hydrogen-bond donors (Lipinski definition) is 3. The molecule has 0 spiro atoms. The number of hydrogen-bond acceptors (Lipinski definition) is 3. The third-order valence-corrected chi connectivity index (χ3v) is 3.41. The van der Waals surface area contributed by atoms with Gasteiger partial charge in [0.05, 0.1) is 12.2 Å². The highest BCUT2D eigenvalue weighted by atomic mass is 16.3. The van der Waals surface area contributed by atoms with Gasteiger partial charge < -0.3 is 15.5 Å². The molecule has 108 valence electrons. The Bertz CT molecular complexity index is 390. The van der Waals surface area contributed by atoms with Crippen molar-refractivity contribution >= 4 is 0 Å². The van der Waals surface area contributed by atoms with Gasteiger partial charge in [-0.3, -0.25) is 0 Å². The van der Waals surface area contributed by atoms with E-state index in [1.165, 1.54) is 11.1 Å². The van der Waals surface area contributed by atoms with Crippen LogP contribution in [-0.2, 0) is 5.41 Å². The van der Waals surface area contributed by atoms with Crippen molar-refractivity contribution in [1.82, 2.24) is 5.32 Å². The molecular weight excluding hydrogens is 238 g/mol. The lowest BCUT2D eigenvalue weighted by Gasteiger charge is -2.24. The smallest absolute Gasteiger partial charge is 0.0973 e. The zero-order valence-corrected chi connectivity index (χ0v) is 12.7. The van der Waals surface area contributed by atoms with E-state index >= 15 is 0 Å². The van der Waals surface area contributed by atoms with Gasteiger partial charge in [-0.1, -0.05) is 45.0 Å². The fourth-order valence-electron chi connectivity index (χ4n) is 1.82. The van der Waals surface area contributed by atoms with Gasteiger partial charge in [-0.15, -0.1) is 0 Å². The van der Waals surface area contributed by atoms with Crippen LogP contribution in [0.5, 0.6) is 0 Å². The molecule has 3 nitrogen and oxygen atoms in total. The zero-order chi connectivity index (χ0) is 14.7. The summed E-state index contributed by atoms with van der Waals surface area (Å²) in [5.74, 6) is 0. The molecule has 0 fully saturated rings. The van der Waals surface area contributed by atoms with Gasteiger partial charge in [0, 0.05) is 12.6 Å². The van der Waals surface area contributed by atoms with E-state index in [-0.39, 0.29) is 18.1 Å². The van der Waals surface area contributed by atoms with Crippen LogP contribution in [0.15, 0.2) is 24.3 Å². The van der Waals surface area contributed by atoms with Gasteiger partial charge in [0.15, 0.2) is 0 Å². The molecule has 0 aliphatic rings. The Kier molecular flexibility index (Phi) is 5.13. The minimum Gasteiger partial charge on any atom is -0.393 e. The second-order valence-electron chi connectivity index (χ2n) is 6.63. The predicted octanol–water partition coefficient (Wildman–Crippen LogP) is 2.38. The third kappa shape index (κ3) is 4.94. The van der Waals surface area contributed by atoms with E-state index < -0.39 is 5.60 Å². The Hall–Kier alpha value is -0.900. The standard InChI is InChI=1S/C16H27NO2/c1-12(17-10-16(5,19)11-18)13-6-8-14(9-7-13)15(2,3)4/h6-9,12,17-19H,10-11H2,1-5H3. The van der Waals surface area contributed by atoms with Crippen molar-refractivity contribution in [3.8, 4) is 0 Å². The monoisotopic (exact) mass is 265 g/mol. The highest BCUT2D eigenvalue weighted by Crippen LogP contribution is 2.23. The van der Waals surface area contributed by atoms with E-state index in [2.05, 4.69) is 57.3 Å². The lowest BCUT2D eigenvalue weighted by Crippen LogP contribution is -2.41. The first-order chi connectivity index (χ1) is 8.65. The molecule has 2 atom stereocenters. The van der Waals surface area contributed by atoms with Crippen molar-refractivity contribution in [2.75, 3.05) is 13.2 Å². The fraction of sp³-hybridized carbons (Fsp3) is 0.625. The van der Waals surface area contributed by atoms with Crippen LogP contribution in [0, 0.1) is 0 Å². The summed E-state index contributed by atoms with van der Waals surface area (Å²) < 4.78 is 0. The third-order valence-electron chi connectivity index (χ3n) is 3.41. The summed E-state index contributed by atoms with van der Waals surface area (Å²) in [6, 6.07) is 8.68. The Morgan fingerprint density at radius 2 is 1.63 bits per heavy atom. The van der Waals surface area contributed by atoms with Crippen LogP contribution >= 0.6 is 0 Å². The second kappa shape index (κ2) is 6.04. The summed E-state index contributed by atoms with van der Waals surface area (Å²) in [7, 11) is 0. The van der Waals surface area contributed by atoms with Crippen molar-refractivity contribution in [2.45, 2.75) is 51.7 Å². The number of aliphatic hydroxyl groups excluding tert-OH is 1. The van der Waals surface area contributed by atoms with Crippen molar-refractivity contribution in [2.24, 2.45) is 0 Å². The van der Waals surface area contributed by atoms with E-state index in [0.717, 1.165) is 0 Å². The van der Waals surface area contributed by atoms with Crippen molar-refractivity contribution < 1.29 is 10.2 Å². The van der Waals surface area contributed by atoms with Gasteiger partial charge in [0.25, 0.3) is 0 Å². The van der Waals surface area contributed by atoms with E-state index in [4.69, 9.17) is 5.11 Å². The quantitative estimate of drug-likeness (QED) is 0.766. The van der Waals surface area contributed by atoms with Crippen molar-refractivity contribution in [3.05, 3.63) is 35.4 Å². The molecule has 0 saturated heterocycles. The molecule has 2 unspecified atom stereocenters. The highest BCUT2D eigenvalue weighted by molar-refractivity contribution is 5.29. The summed E-state index contributed by atoms with van der Waals surface area (Å²) in [4.78, 5) is 0. The average Bonchev–Trinajstić information content (AvgIpc) is 2.35.